The van der Waals surface area contributed by atoms with Gasteiger partial charge in [-0.15, -0.1) is 0 Å². The summed E-state index contributed by atoms with van der Waals surface area (Å²) in [6.07, 6.45) is 2.97. The first-order valence-electron chi connectivity index (χ1n) is 7.97. The Hall–Kier alpha value is -3.47. The van der Waals surface area contributed by atoms with Crippen LogP contribution in [-0.4, -0.2) is 11.7 Å². The van der Waals surface area contributed by atoms with E-state index in [-0.39, 0.29) is 17.5 Å². The molecule has 0 aliphatic heterocycles. The maximum Gasteiger partial charge on any atom is 0.221 e. The van der Waals surface area contributed by atoms with Crippen molar-refractivity contribution >= 4 is 23.5 Å². The zero-order chi connectivity index (χ0) is 18.5. The molecule has 0 atom stereocenters. The Kier molecular flexibility index (Phi) is 5.08. The van der Waals surface area contributed by atoms with E-state index in [1.807, 2.05) is 0 Å². The van der Waals surface area contributed by atoms with E-state index in [0.29, 0.717) is 22.8 Å². The van der Waals surface area contributed by atoms with Crippen LogP contribution in [0.25, 0.3) is 17.4 Å². The highest BCUT2D eigenvalue weighted by Gasteiger charge is 2.06. The number of allylic oxidation sites excluding steroid dienone is 1. The second-order valence-corrected chi connectivity index (χ2v) is 5.67. The SMILES string of the molecule is CC(=O)Nc1cccc(C(=O)/C=C/c2ccc(-c3ccc(F)cc3)o2)c1. The molecule has 1 N–H and O–H groups in total. The number of hydrogen-bond donors (Lipinski definition) is 1. The predicted octanol–water partition coefficient (Wildman–Crippen LogP) is 4.94. The molecule has 5 heteroatoms. The van der Waals surface area contributed by atoms with Gasteiger partial charge in [0.05, 0.1) is 0 Å². The molecule has 0 aliphatic carbocycles. The molecule has 26 heavy (non-hydrogen) atoms. The lowest BCUT2D eigenvalue weighted by molar-refractivity contribution is -0.114. The number of carbonyl (C=O) groups excluding carboxylic acids is 2. The van der Waals surface area contributed by atoms with Crippen LogP contribution in [0.4, 0.5) is 10.1 Å². The van der Waals surface area contributed by atoms with Gasteiger partial charge in [-0.05, 0) is 60.7 Å². The summed E-state index contributed by atoms with van der Waals surface area (Å²) < 4.78 is 18.6. The summed E-state index contributed by atoms with van der Waals surface area (Å²) in [6.45, 7) is 1.41. The maximum atomic E-state index is 13.0. The highest BCUT2D eigenvalue weighted by molar-refractivity contribution is 6.07. The monoisotopic (exact) mass is 349 g/mol. The molecule has 1 aromatic heterocycles. The minimum absolute atomic E-state index is 0.200. The maximum absolute atomic E-state index is 13.0. The van der Waals surface area contributed by atoms with Crippen molar-refractivity contribution in [2.75, 3.05) is 5.32 Å². The van der Waals surface area contributed by atoms with Crippen molar-refractivity contribution in [1.29, 1.82) is 0 Å². The molecule has 3 aromatic rings. The largest absolute Gasteiger partial charge is 0.457 e. The standard InChI is InChI=1S/C21H16FNO3/c1-14(24)23-18-4-2-3-16(13-18)20(25)11-9-19-10-12-21(26-19)15-5-7-17(22)8-6-15/h2-13H,1H3,(H,23,24)/b11-9+. The summed E-state index contributed by atoms with van der Waals surface area (Å²) in [5.74, 6) is 0.374. The van der Waals surface area contributed by atoms with Crippen LogP contribution in [0.15, 0.2) is 71.2 Å². The Morgan fingerprint density at radius 2 is 1.81 bits per heavy atom. The minimum Gasteiger partial charge on any atom is -0.457 e. The first-order valence-corrected chi connectivity index (χ1v) is 7.97. The Bertz CT molecular complexity index is 971. The number of ketones is 1. The lowest BCUT2D eigenvalue weighted by Crippen LogP contribution is -2.06. The summed E-state index contributed by atoms with van der Waals surface area (Å²) in [5, 5.41) is 2.64. The van der Waals surface area contributed by atoms with Crippen LogP contribution < -0.4 is 5.32 Å². The van der Waals surface area contributed by atoms with Crippen molar-refractivity contribution in [3.63, 3.8) is 0 Å². The number of amides is 1. The molecule has 0 fully saturated rings. The van der Waals surface area contributed by atoms with Gasteiger partial charge in [-0.1, -0.05) is 12.1 Å². The molecule has 3 rings (SSSR count). The number of benzene rings is 2. The molecule has 0 radical (unpaired) electrons. The van der Waals surface area contributed by atoms with Gasteiger partial charge in [-0.25, -0.2) is 4.39 Å². The molecule has 0 unspecified atom stereocenters. The zero-order valence-electron chi connectivity index (χ0n) is 14.0. The molecule has 1 amide bonds. The second kappa shape index (κ2) is 7.61. The Morgan fingerprint density at radius 3 is 2.54 bits per heavy atom. The average molecular weight is 349 g/mol. The third kappa shape index (κ3) is 4.33. The Balaban J connectivity index is 1.73. The van der Waals surface area contributed by atoms with E-state index in [9.17, 15) is 14.0 Å². The van der Waals surface area contributed by atoms with E-state index < -0.39 is 0 Å². The van der Waals surface area contributed by atoms with Gasteiger partial charge in [0, 0.05) is 23.7 Å². The molecular weight excluding hydrogens is 333 g/mol. The summed E-state index contributed by atoms with van der Waals surface area (Å²) in [5.41, 5.74) is 1.77. The fourth-order valence-corrected chi connectivity index (χ4v) is 2.42. The third-order valence-electron chi connectivity index (χ3n) is 3.62. The van der Waals surface area contributed by atoms with Gasteiger partial charge < -0.3 is 9.73 Å². The first kappa shape index (κ1) is 17.4. The van der Waals surface area contributed by atoms with E-state index in [4.69, 9.17) is 4.42 Å². The van der Waals surface area contributed by atoms with Crippen LogP contribution in [0.1, 0.15) is 23.0 Å². The van der Waals surface area contributed by atoms with E-state index in [1.165, 1.54) is 25.1 Å². The van der Waals surface area contributed by atoms with Crippen molar-refractivity contribution in [2.45, 2.75) is 6.92 Å². The van der Waals surface area contributed by atoms with Gasteiger partial charge in [-0.3, -0.25) is 9.59 Å². The summed E-state index contributed by atoms with van der Waals surface area (Å²) in [6, 6.07) is 16.2. The van der Waals surface area contributed by atoms with Gasteiger partial charge >= 0.3 is 0 Å². The number of furan rings is 1. The Morgan fingerprint density at radius 1 is 1.04 bits per heavy atom. The molecule has 0 saturated heterocycles. The summed E-state index contributed by atoms with van der Waals surface area (Å²) >= 11 is 0. The summed E-state index contributed by atoms with van der Waals surface area (Å²) in [4.78, 5) is 23.4. The van der Waals surface area contributed by atoms with Crippen molar-refractivity contribution in [1.82, 2.24) is 0 Å². The van der Waals surface area contributed by atoms with Gasteiger partial charge in [0.2, 0.25) is 5.91 Å². The van der Waals surface area contributed by atoms with Crippen LogP contribution in [0.2, 0.25) is 0 Å². The number of anilines is 1. The number of halogens is 1. The second-order valence-electron chi connectivity index (χ2n) is 5.67. The number of hydrogen-bond acceptors (Lipinski definition) is 3. The molecule has 0 aliphatic rings. The predicted molar refractivity (Wildman–Crippen MR) is 98.2 cm³/mol. The van der Waals surface area contributed by atoms with Crippen molar-refractivity contribution in [2.24, 2.45) is 0 Å². The topological polar surface area (TPSA) is 59.3 Å². The molecule has 0 spiro atoms. The van der Waals surface area contributed by atoms with Crippen LogP contribution in [0.3, 0.4) is 0 Å². The number of nitrogens with one attached hydrogen (secondary N) is 1. The molecule has 0 bridgehead atoms. The van der Waals surface area contributed by atoms with Gasteiger partial charge in [-0.2, -0.15) is 0 Å². The van der Waals surface area contributed by atoms with E-state index >= 15 is 0 Å². The number of rotatable bonds is 5. The quantitative estimate of drug-likeness (QED) is 0.524. The summed E-state index contributed by atoms with van der Waals surface area (Å²) in [7, 11) is 0. The molecule has 0 saturated carbocycles. The molecule has 1 heterocycles. The van der Waals surface area contributed by atoms with Crippen molar-refractivity contribution in [3.05, 3.63) is 83.9 Å². The van der Waals surface area contributed by atoms with E-state index in [2.05, 4.69) is 5.32 Å². The van der Waals surface area contributed by atoms with Gasteiger partial charge in [0.1, 0.15) is 17.3 Å². The zero-order valence-corrected chi connectivity index (χ0v) is 14.0. The molecule has 4 nitrogen and oxygen atoms in total. The van der Waals surface area contributed by atoms with Gasteiger partial charge in [0.15, 0.2) is 5.78 Å². The fraction of sp³-hybridized carbons (Fsp3) is 0.0476. The van der Waals surface area contributed by atoms with Crippen molar-refractivity contribution < 1.29 is 18.4 Å². The van der Waals surface area contributed by atoms with Crippen molar-refractivity contribution in [3.8, 4) is 11.3 Å². The number of carbonyl (C=O) groups is 2. The van der Waals surface area contributed by atoms with E-state index in [1.54, 1.807) is 54.6 Å². The van der Waals surface area contributed by atoms with E-state index in [0.717, 1.165) is 5.56 Å². The molecule has 2 aromatic carbocycles. The highest BCUT2D eigenvalue weighted by atomic mass is 19.1. The van der Waals surface area contributed by atoms with Crippen LogP contribution >= 0.6 is 0 Å². The minimum atomic E-state index is -0.312. The first-order chi connectivity index (χ1) is 12.5. The van der Waals surface area contributed by atoms with Gasteiger partial charge in [0.25, 0.3) is 0 Å². The molecule has 130 valence electrons. The molecular formula is C21H16FNO3. The van der Waals surface area contributed by atoms with Crippen LogP contribution in [0.5, 0.6) is 0 Å². The highest BCUT2D eigenvalue weighted by Crippen LogP contribution is 2.23. The third-order valence-corrected chi connectivity index (χ3v) is 3.62. The Labute approximate surface area is 150 Å². The fourth-order valence-electron chi connectivity index (χ4n) is 2.42. The normalized spacial score (nSPS) is 10.8. The van der Waals surface area contributed by atoms with Crippen LogP contribution in [0, 0.1) is 5.82 Å². The average Bonchev–Trinajstić information content (AvgIpc) is 3.09. The van der Waals surface area contributed by atoms with Crippen LogP contribution in [-0.2, 0) is 4.79 Å². The smallest absolute Gasteiger partial charge is 0.221 e. The lowest BCUT2D eigenvalue weighted by Gasteiger charge is -2.03. The lowest BCUT2D eigenvalue weighted by atomic mass is 10.1.